The van der Waals surface area contributed by atoms with E-state index in [1.54, 1.807) is 0 Å². The van der Waals surface area contributed by atoms with Gasteiger partial charge < -0.3 is 0 Å². The Hall–Kier alpha value is 0.480. The summed E-state index contributed by atoms with van der Waals surface area (Å²) in [6.45, 7) is 4.79. The molecule has 2 aliphatic carbocycles. The molecule has 0 aromatic heterocycles. The number of halogens is 1. The number of alkyl halides is 1. The maximum atomic E-state index is 3.87. The molecule has 76 valence electrons. The summed E-state index contributed by atoms with van der Waals surface area (Å²) in [5, 5.41) is 0. The summed E-state index contributed by atoms with van der Waals surface area (Å²) in [5.74, 6) is 4.00. The quantitative estimate of drug-likeness (QED) is 0.606. The van der Waals surface area contributed by atoms with Crippen molar-refractivity contribution < 1.29 is 0 Å². The van der Waals surface area contributed by atoms with E-state index >= 15 is 0 Å². The van der Waals surface area contributed by atoms with Crippen LogP contribution in [0.5, 0.6) is 0 Å². The number of hydrogen-bond acceptors (Lipinski definition) is 0. The van der Waals surface area contributed by atoms with E-state index in [9.17, 15) is 0 Å². The van der Waals surface area contributed by atoms with Gasteiger partial charge in [-0.15, -0.1) is 0 Å². The average Bonchev–Trinajstić information content (AvgIpc) is 2.49. The van der Waals surface area contributed by atoms with E-state index in [2.05, 4.69) is 29.8 Å². The molecule has 2 aliphatic rings. The first-order chi connectivity index (χ1) is 6.18. The molecule has 0 heterocycles. The van der Waals surface area contributed by atoms with Crippen LogP contribution in [0.2, 0.25) is 0 Å². The minimum absolute atomic E-state index is 0.843. The molecule has 4 unspecified atom stereocenters. The average molecular weight is 245 g/mol. The molecule has 0 aliphatic heterocycles. The van der Waals surface area contributed by atoms with Crippen molar-refractivity contribution in [2.45, 2.75) is 50.8 Å². The first-order valence-corrected chi connectivity index (χ1v) is 6.74. The van der Waals surface area contributed by atoms with Crippen LogP contribution in [-0.4, -0.2) is 4.83 Å². The topological polar surface area (TPSA) is 0 Å². The van der Waals surface area contributed by atoms with Gasteiger partial charge in [0.05, 0.1) is 0 Å². The van der Waals surface area contributed by atoms with Gasteiger partial charge in [-0.3, -0.25) is 0 Å². The van der Waals surface area contributed by atoms with E-state index in [4.69, 9.17) is 0 Å². The van der Waals surface area contributed by atoms with Crippen molar-refractivity contribution in [2.24, 2.45) is 23.7 Å². The van der Waals surface area contributed by atoms with E-state index in [1.807, 2.05) is 0 Å². The highest BCUT2D eigenvalue weighted by Gasteiger charge is 2.40. The molecular weight excluding hydrogens is 224 g/mol. The molecule has 0 spiro atoms. The van der Waals surface area contributed by atoms with Gasteiger partial charge in [-0.2, -0.15) is 0 Å². The Kier molecular flexibility index (Phi) is 3.02. The van der Waals surface area contributed by atoms with Crippen molar-refractivity contribution in [1.82, 2.24) is 0 Å². The maximum Gasteiger partial charge on any atom is 0.0176 e. The number of rotatable bonds is 1. The fraction of sp³-hybridized carbons (Fsp3) is 1.00. The smallest absolute Gasteiger partial charge is 0.0176 e. The highest BCUT2D eigenvalue weighted by Crippen LogP contribution is 2.49. The molecule has 0 nitrogen and oxygen atoms in total. The summed E-state index contributed by atoms with van der Waals surface area (Å²) in [4.78, 5) is 0.843. The molecule has 0 N–H and O–H groups in total. The van der Waals surface area contributed by atoms with Crippen molar-refractivity contribution in [3.05, 3.63) is 0 Å². The van der Waals surface area contributed by atoms with Crippen LogP contribution in [0, 0.1) is 23.7 Å². The van der Waals surface area contributed by atoms with Gasteiger partial charge >= 0.3 is 0 Å². The molecule has 0 aromatic carbocycles. The summed E-state index contributed by atoms with van der Waals surface area (Å²) < 4.78 is 0. The normalized spacial score (nSPS) is 45.2. The van der Waals surface area contributed by atoms with Gasteiger partial charge in [0.2, 0.25) is 0 Å². The second-order valence-corrected chi connectivity index (χ2v) is 6.52. The molecule has 1 heteroatoms. The Labute approximate surface area is 90.6 Å². The van der Waals surface area contributed by atoms with Crippen LogP contribution in [0.3, 0.4) is 0 Å². The zero-order valence-corrected chi connectivity index (χ0v) is 10.4. The third-order valence-corrected chi connectivity index (χ3v) is 5.38. The van der Waals surface area contributed by atoms with Crippen LogP contribution in [-0.2, 0) is 0 Å². The van der Waals surface area contributed by atoms with Gasteiger partial charge in [0.25, 0.3) is 0 Å². The minimum atomic E-state index is 0.843. The Morgan fingerprint density at radius 2 is 1.92 bits per heavy atom. The predicted molar refractivity (Wildman–Crippen MR) is 61.1 cm³/mol. The Morgan fingerprint density at radius 3 is 2.54 bits per heavy atom. The Balaban J connectivity index is 2.00. The molecule has 0 aromatic rings. The molecule has 0 saturated heterocycles. The molecule has 2 rings (SSSR count). The molecule has 2 saturated carbocycles. The van der Waals surface area contributed by atoms with Gasteiger partial charge in [-0.05, 0) is 42.9 Å². The van der Waals surface area contributed by atoms with Crippen molar-refractivity contribution >= 4 is 15.9 Å². The second-order valence-electron chi connectivity index (χ2n) is 5.35. The van der Waals surface area contributed by atoms with E-state index in [0.29, 0.717) is 0 Å². The molecule has 0 radical (unpaired) electrons. The van der Waals surface area contributed by atoms with Gasteiger partial charge in [0, 0.05) is 4.83 Å². The van der Waals surface area contributed by atoms with Crippen molar-refractivity contribution in [3.8, 4) is 0 Å². The monoisotopic (exact) mass is 244 g/mol. The Morgan fingerprint density at radius 1 is 1.15 bits per heavy atom. The predicted octanol–water partition coefficient (Wildman–Crippen LogP) is 4.23. The van der Waals surface area contributed by atoms with Crippen LogP contribution >= 0.6 is 15.9 Å². The van der Waals surface area contributed by atoms with Crippen LogP contribution in [0.25, 0.3) is 0 Å². The van der Waals surface area contributed by atoms with E-state index in [0.717, 1.165) is 28.5 Å². The van der Waals surface area contributed by atoms with Crippen LogP contribution in [0.15, 0.2) is 0 Å². The zero-order valence-electron chi connectivity index (χ0n) is 8.80. The second kappa shape index (κ2) is 3.92. The SMILES string of the molecule is CC(C)C1CC2CCCC(Br)C2C1. The van der Waals surface area contributed by atoms with E-state index < -0.39 is 0 Å². The van der Waals surface area contributed by atoms with E-state index in [-0.39, 0.29) is 0 Å². The lowest BCUT2D eigenvalue weighted by Gasteiger charge is -2.29. The zero-order chi connectivity index (χ0) is 9.42. The molecule has 4 atom stereocenters. The lowest BCUT2D eigenvalue weighted by atomic mass is 9.82. The fourth-order valence-electron chi connectivity index (χ4n) is 3.31. The maximum absolute atomic E-state index is 3.87. The summed E-state index contributed by atoms with van der Waals surface area (Å²) in [7, 11) is 0. The van der Waals surface area contributed by atoms with Gasteiger partial charge in [0.1, 0.15) is 0 Å². The van der Waals surface area contributed by atoms with Crippen LogP contribution in [0.1, 0.15) is 46.0 Å². The first-order valence-electron chi connectivity index (χ1n) is 5.82. The van der Waals surface area contributed by atoms with Crippen LogP contribution in [0.4, 0.5) is 0 Å². The first kappa shape index (κ1) is 10.0. The number of hydrogen-bond donors (Lipinski definition) is 0. The number of fused-ring (bicyclic) bond motifs is 1. The fourth-order valence-corrected chi connectivity index (χ4v) is 4.28. The standard InChI is InChI=1S/C12H21Br/c1-8(2)10-6-9-4-3-5-12(13)11(9)7-10/h8-12H,3-7H2,1-2H3. The minimum Gasteiger partial charge on any atom is -0.0888 e. The highest BCUT2D eigenvalue weighted by atomic mass is 79.9. The van der Waals surface area contributed by atoms with Crippen molar-refractivity contribution in [1.29, 1.82) is 0 Å². The molecule has 13 heavy (non-hydrogen) atoms. The lowest BCUT2D eigenvalue weighted by Crippen LogP contribution is -2.23. The largest absolute Gasteiger partial charge is 0.0888 e. The summed E-state index contributed by atoms with van der Waals surface area (Å²) in [6, 6.07) is 0. The van der Waals surface area contributed by atoms with Crippen molar-refractivity contribution in [2.75, 3.05) is 0 Å². The third kappa shape index (κ3) is 1.95. The van der Waals surface area contributed by atoms with Crippen molar-refractivity contribution in [3.63, 3.8) is 0 Å². The molecule has 0 amide bonds. The highest BCUT2D eigenvalue weighted by molar-refractivity contribution is 9.09. The van der Waals surface area contributed by atoms with Crippen LogP contribution < -0.4 is 0 Å². The van der Waals surface area contributed by atoms with Gasteiger partial charge in [-0.1, -0.05) is 42.6 Å². The van der Waals surface area contributed by atoms with Gasteiger partial charge in [-0.25, -0.2) is 0 Å². The molecule has 0 bridgehead atoms. The van der Waals surface area contributed by atoms with E-state index in [1.165, 1.54) is 32.1 Å². The molecule has 2 fully saturated rings. The molecular formula is C12H21Br. The summed E-state index contributed by atoms with van der Waals surface area (Å²) >= 11 is 3.87. The Bertz CT molecular complexity index is 176. The lowest BCUT2D eigenvalue weighted by molar-refractivity contribution is 0.290. The third-order valence-electron chi connectivity index (χ3n) is 4.25. The summed E-state index contributed by atoms with van der Waals surface area (Å²) in [6.07, 6.45) is 7.41. The van der Waals surface area contributed by atoms with Gasteiger partial charge in [0.15, 0.2) is 0 Å². The summed E-state index contributed by atoms with van der Waals surface area (Å²) in [5.41, 5.74) is 0.